The first-order valence-corrected chi connectivity index (χ1v) is 44.1. The van der Waals surface area contributed by atoms with E-state index in [1.165, 1.54) is 124 Å². The number of anilines is 12. The largest absolute Gasteiger partial charge is 0.458 e. The van der Waals surface area contributed by atoms with E-state index in [-0.39, 0.29) is 118 Å². The number of fused-ring (bicyclic) bond motifs is 25. The van der Waals surface area contributed by atoms with Crippen molar-refractivity contribution >= 4 is 244 Å². The summed E-state index contributed by atoms with van der Waals surface area (Å²) in [5, 5.41) is 4.19. The lowest BCUT2D eigenvalue weighted by Crippen LogP contribution is -2.65. The van der Waals surface area contributed by atoms with Crippen molar-refractivity contribution in [2.24, 2.45) is 0 Å². The highest BCUT2D eigenvalue weighted by Gasteiger charge is 2.54. The maximum absolute atomic E-state index is 18.6. The molecule has 6 aliphatic heterocycles. The van der Waals surface area contributed by atoms with Gasteiger partial charge in [-0.25, -0.2) is 52.7 Å². The van der Waals surface area contributed by atoms with Crippen LogP contribution < -0.4 is 76.9 Å². The zero-order valence-electron chi connectivity index (χ0n) is 67.9. The van der Waals surface area contributed by atoms with Crippen molar-refractivity contribution in [3.8, 4) is 40.1 Å². The first-order valence-electron chi connectivity index (χ1n) is 42.5. The Kier molecular flexibility index (Phi) is 15.3. The number of nitrogens with zero attached hydrogens (tertiary/aromatic N) is 7. The summed E-state index contributed by atoms with van der Waals surface area (Å²) in [5.41, 5.74) is 2.41. The molecule has 5 aromatic heterocycles. The van der Waals surface area contributed by atoms with Crippen molar-refractivity contribution in [2.75, 3.05) is 19.6 Å². The van der Waals surface area contributed by atoms with Crippen molar-refractivity contribution in [3.63, 3.8) is 0 Å². The number of hydrogen-bond donors (Lipinski definition) is 0. The number of halogens is 12. The van der Waals surface area contributed by atoms with Crippen LogP contribution in [0.2, 0.25) is 0 Å². The molecule has 0 amide bonds. The van der Waals surface area contributed by atoms with Gasteiger partial charge in [0.15, 0.2) is 0 Å². The molecule has 132 heavy (non-hydrogen) atoms. The van der Waals surface area contributed by atoms with Gasteiger partial charge in [-0.2, -0.15) is 0 Å². The highest BCUT2D eigenvalue weighted by Crippen LogP contribution is 2.56. The fraction of sp³-hybridized carbons (Fsp3) is 0. The number of aromatic nitrogens is 3. The molecule has 0 atom stereocenters. The fourth-order valence-corrected chi connectivity index (χ4v) is 24.8. The maximum Gasteiger partial charge on any atom is 0.268 e. The van der Waals surface area contributed by atoms with Crippen LogP contribution in [0.3, 0.4) is 0 Å². The Morgan fingerprint density at radius 2 is 0.545 bits per heavy atom. The number of thiophene rings is 2. The minimum Gasteiger partial charge on any atom is -0.458 e. The normalized spacial score (nSPS) is 13.6. The number of benzene rings is 17. The Labute approximate surface area is 748 Å². The molecular formula is C106H50B3F12N7O2S2. The number of para-hydroxylation sites is 10. The second-order valence-electron chi connectivity index (χ2n) is 33.9. The molecule has 0 saturated heterocycles. The van der Waals surface area contributed by atoms with Gasteiger partial charge in [0.25, 0.3) is 20.1 Å². The van der Waals surface area contributed by atoms with Crippen molar-refractivity contribution in [2.45, 2.75) is 0 Å². The molecule has 9 nitrogen and oxygen atoms in total. The number of hydrogen-bond acceptors (Lipinski definition) is 8. The van der Waals surface area contributed by atoms with Crippen LogP contribution >= 0.6 is 22.7 Å². The van der Waals surface area contributed by atoms with Gasteiger partial charge in [0.1, 0.15) is 116 Å². The Morgan fingerprint density at radius 3 is 1.02 bits per heavy atom. The molecule has 22 aromatic rings. The van der Waals surface area contributed by atoms with Gasteiger partial charge in [-0.3, -0.25) is 0 Å². The van der Waals surface area contributed by atoms with Gasteiger partial charge in [0.05, 0.1) is 55.8 Å². The van der Waals surface area contributed by atoms with Crippen LogP contribution in [0, 0.1) is 69.8 Å². The molecule has 17 aromatic carbocycles. The smallest absolute Gasteiger partial charge is 0.268 e. The Hall–Kier alpha value is -15.8. The summed E-state index contributed by atoms with van der Waals surface area (Å²) in [5.74, 6) is -10.6. The molecule has 26 heteroatoms. The molecule has 0 radical (unpaired) electrons. The molecule has 0 aliphatic carbocycles. The molecule has 626 valence electrons. The van der Waals surface area contributed by atoms with Gasteiger partial charge in [0, 0.05) is 120 Å². The molecule has 0 bridgehead atoms. The third kappa shape index (κ3) is 9.92. The quantitative estimate of drug-likeness (QED) is 0.117. The average molecular weight is 1780 g/mol. The molecule has 0 unspecified atom stereocenters. The zero-order chi connectivity index (χ0) is 88.3. The monoisotopic (exact) mass is 1780 g/mol. The second kappa shape index (κ2) is 26.9. The Morgan fingerprint density at radius 1 is 0.220 bits per heavy atom. The van der Waals surface area contributed by atoms with E-state index < -0.39 is 113 Å². The first kappa shape index (κ1) is 75.2. The molecule has 0 N–H and O–H groups in total. The van der Waals surface area contributed by atoms with Crippen LogP contribution in [-0.4, -0.2) is 33.8 Å². The summed E-state index contributed by atoms with van der Waals surface area (Å²) in [6.07, 6.45) is 0. The van der Waals surface area contributed by atoms with Crippen molar-refractivity contribution in [1.29, 1.82) is 0 Å². The molecule has 28 rings (SSSR count). The summed E-state index contributed by atoms with van der Waals surface area (Å²) in [6.45, 7) is -3.30. The van der Waals surface area contributed by atoms with Gasteiger partial charge in [0.2, 0.25) is 0 Å². The van der Waals surface area contributed by atoms with Gasteiger partial charge in [-0.05, 0) is 172 Å². The lowest BCUT2D eigenvalue weighted by molar-refractivity contribution is 0.487. The lowest BCUT2D eigenvalue weighted by Gasteiger charge is -2.46. The predicted molar refractivity (Wildman–Crippen MR) is 505 cm³/mol. The van der Waals surface area contributed by atoms with E-state index in [0.29, 0.717) is 85.6 Å². The Bertz CT molecular complexity index is 8850. The van der Waals surface area contributed by atoms with Crippen LogP contribution in [0.25, 0.3) is 103 Å². The molecule has 0 spiro atoms. The lowest BCUT2D eigenvalue weighted by atomic mass is 9.30. The third-order valence-electron chi connectivity index (χ3n) is 27.2. The SMILES string of the molecule is Fc1cccc(F)c1N1c2cc3c(cc2B2c4cc5c(cc4Oc4cc(-n6c7ccccc7c7ccccc76)cc1c42)N(c1c(F)cccc1F)c1cc(-n2c4c(F)cccc4c4cccc(F)c42)cc2c1B5c1sc4ccccc4c1O2)B1c2sc4ccccc4c2N(c2c(F)cccc2F)c2cc(-n4c5c(F)cccc5c5cccc(F)c54)cc(c21)N3c1c(F)cccc1F. The Balaban J connectivity index is 0.785. The minimum absolute atomic E-state index is 0.00509. The molecule has 11 heterocycles. The van der Waals surface area contributed by atoms with Gasteiger partial charge in [-0.1, -0.05) is 152 Å². The molecule has 0 saturated carbocycles. The summed E-state index contributed by atoms with van der Waals surface area (Å²) in [7, 11) is 0. The third-order valence-corrected chi connectivity index (χ3v) is 29.7. The van der Waals surface area contributed by atoms with E-state index >= 15 is 52.7 Å². The van der Waals surface area contributed by atoms with Gasteiger partial charge >= 0.3 is 0 Å². The number of ether oxygens (including phenoxy) is 2. The fourth-order valence-electron chi connectivity index (χ4n) is 22.2. The first-order chi connectivity index (χ1) is 64.5. The van der Waals surface area contributed by atoms with E-state index in [0.717, 1.165) is 64.0 Å². The standard InChI is InChI=1S/C106H50B3F12N7O2S2/c110-66-25-9-21-56-57-22-10-26-67(111)96(57)123(95(56)66)51-41-83-92-84(42-51)128(103-76(120)35-16-36-77(103)121)99-60-19-3-7-39-90(60)131-105(99)108(92)63-47-62-80(49-81(63)125(83)100-70(114)29-13-30-71(100)115)126(101-72(116)31-14-32-73(101)117)85-43-52(122-78-37-5-1-17-54(78)55-18-2-6-38-79(55)122)45-88-93(85)107(62)65-48-64-82(50-87(65)129-88)127(102-74(118)33-15-34-75(102)119)86-44-53(124-97-58(23-11-27-68(97)112)59-24-12-28-69(113)98(59)124)46-89-94(86)109(64)106-104(130-89)61-20-4-8-40-91(61)132-106/h1-50H. The van der Waals surface area contributed by atoms with Crippen molar-refractivity contribution < 1.29 is 62.2 Å². The molecule has 6 aliphatic rings. The highest BCUT2D eigenvalue weighted by atomic mass is 32.1. The van der Waals surface area contributed by atoms with E-state index in [2.05, 4.69) is 0 Å². The second-order valence-corrected chi connectivity index (χ2v) is 36.1. The predicted octanol–water partition coefficient (Wildman–Crippen LogP) is 24.0. The summed E-state index contributed by atoms with van der Waals surface area (Å²) in [6, 6.07) is 78.9. The molecule has 0 fully saturated rings. The highest BCUT2D eigenvalue weighted by molar-refractivity contribution is 7.34. The van der Waals surface area contributed by atoms with Crippen LogP contribution in [0.4, 0.5) is 121 Å². The topological polar surface area (TPSA) is 46.2 Å². The maximum atomic E-state index is 18.6. The zero-order valence-corrected chi connectivity index (χ0v) is 69.5. The summed E-state index contributed by atoms with van der Waals surface area (Å²) >= 11 is 2.71. The van der Waals surface area contributed by atoms with Crippen LogP contribution in [-0.2, 0) is 0 Å². The van der Waals surface area contributed by atoms with Crippen molar-refractivity contribution in [3.05, 3.63) is 373 Å². The van der Waals surface area contributed by atoms with E-state index in [1.807, 2.05) is 120 Å². The van der Waals surface area contributed by atoms with Gasteiger partial charge in [-0.15, -0.1) is 22.7 Å². The van der Waals surface area contributed by atoms with Gasteiger partial charge < -0.3 is 42.8 Å². The van der Waals surface area contributed by atoms with Crippen molar-refractivity contribution in [1.82, 2.24) is 13.7 Å². The van der Waals surface area contributed by atoms with E-state index in [9.17, 15) is 0 Å². The summed E-state index contributed by atoms with van der Waals surface area (Å²) < 4.78 is 238. The van der Waals surface area contributed by atoms with E-state index in [1.54, 1.807) is 66.7 Å². The average Bonchev–Trinajstić information content (AvgIpc) is 1.10. The minimum atomic E-state index is -1.19. The number of rotatable bonds is 7. The molecular weight excluding hydrogens is 1730 g/mol. The van der Waals surface area contributed by atoms with Crippen LogP contribution in [0.15, 0.2) is 303 Å². The van der Waals surface area contributed by atoms with E-state index in [4.69, 9.17) is 9.47 Å². The van der Waals surface area contributed by atoms with Crippen LogP contribution in [0.5, 0.6) is 23.0 Å². The van der Waals surface area contributed by atoms with Crippen LogP contribution in [0.1, 0.15) is 0 Å². The summed E-state index contributed by atoms with van der Waals surface area (Å²) in [4.78, 5) is 5.65.